The molecule has 3 N–H and O–H groups in total. The lowest BCUT2D eigenvalue weighted by atomic mass is 9.94. The Morgan fingerprint density at radius 2 is 2.14 bits per heavy atom. The Bertz CT molecular complexity index is 385. The van der Waals surface area contributed by atoms with Gasteiger partial charge in [-0.25, -0.2) is 0 Å². The molecule has 0 spiro atoms. The number of aliphatic hydroxyl groups excluding tert-OH is 1. The van der Waals surface area contributed by atoms with E-state index in [0.717, 1.165) is 12.2 Å². The molecule has 1 aliphatic carbocycles. The minimum Gasteiger partial charge on any atom is -0.504 e. The van der Waals surface area contributed by atoms with Crippen LogP contribution in [0.1, 0.15) is 6.42 Å². The van der Waals surface area contributed by atoms with E-state index in [1.807, 2.05) is 0 Å². The standard InChI is InChI=1S/C10H9NO3/c1-2-3-8(11)7-4-6(12)5-9(13)10(7)14/h1,4-5,8,13H,3,11H2. The van der Waals surface area contributed by atoms with Crippen molar-refractivity contribution in [2.75, 3.05) is 0 Å². The van der Waals surface area contributed by atoms with Crippen molar-refractivity contribution >= 4 is 11.6 Å². The summed E-state index contributed by atoms with van der Waals surface area (Å²) in [6, 6.07) is -0.702. The van der Waals surface area contributed by atoms with E-state index in [1.165, 1.54) is 0 Å². The Kier molecular flexibility index (Phi) is 2.85. The quantitative estimate of drug-likeness (QED) is 0.470. The second-order valence-electron chi connectivity index (χ2n) is 2.88. The fraction of sp³-hybridized carbons (Fsp3) is 0.200. The molecule has 14 heavy (non-hydrogen) atoms. The third kappa shape index (κ3) is 1.90. The predicted octanol–water partition coefficient (Wildman–Crippen LogP) is -0.143. The topological polar surface area (TPSA) is 80.4 Å². The van der Waals surface area contributed by atoms with E-state index in [2.05, 4.69) is 5.92 Å². The molecular weight excluding hydrogens is 182 g/mol. The predicted molar refractivity (Wildman–Crippen MR) is 50.2 cm³/mol. The molecule has 4 nitrogen and oxygen atoms in total. The van der Waals surface area contributed by atoms with E-state index in [4.69, 9.17) is 17.3 Å². The first-order valence-corrected chi connectivity index (χ1v) is 3.96. The molecule has 0 aromatic rings. The molecule has 1 aliphatic rings. The number of ketones is 2. The third-order valence-electron chi connectivity index (χ3n) is 1.81. The van der Waals surface area contributed by atoms with Gasteiger partial charge in [-0.2, -0.15) is 0 Å². The molecule has 72 valence electrons. The molecule has 0 aliphatic heterocycles. The molecule has 0 fully saturated rings. The van der Waals surface area contributed by atoms with E-state index in [1.54, 1.807) is 0 Å². The first-order valence-electron chi connectivity index (χ1n) is 3.96. The lowest BCUT2D eigenvalue weighted by Gasteiger charge is -2.14. The van der Waals surface area contributed by atoms with Crippen LogP contribution >= 0.6 is 0 Å². The highest BCUT2D eigenvalue weighted by atomic mass is 16.3. The first-order chi connectivity index (χ1) is 6.56. The molecule has 0 saturated carbocycles. The van der Waals surface area contributed by atoms with Gasteiger partial charge in [0.15, 0.2) is 11.5 Å². The molecule has 0 bridgehead atoms. The zero-order chi connectivity index (χ0) is 10.7. The van der Waals surface area contributed by atoms with E-state index >= 15 is 0 Å². The maximum absolute atomic E-state index is 11.3. The molecule has 1 unspecified atom stereocenters. The summed E-state index contributed by atoms with van der Waals surface area (Å²) in [5, 5.41) is 9.08. The molecule has 0 amide bonds. The molecule has 0 heterocycles. The Morgan fingerprint density at radius 1 is 1.50 bits per heavy atom. The van der Waals surface area contributed by atoms with E-state index in [-0.39, 0.29) is 12.0 Å². The molecule has 4 heteroatoms. The summed E-state index contributed by atoms with van der Waals surface area (Å²) in [6.45, 7) is 0. The van der Waals surface area contributed by atoms with Crippen LogP contribution in [0, 0.1) is 12.3 Å². The van der Waals surface area contributed by atoms with Crippen LogP contribution in [0.25, 0.3) is 0 Å². The van der Waals surface area contributed by atoms with Crippen molar-refractivity contribution in [2.24, 2.45) is 5.73 Å². The molecule has 0 radical (unpaired) electrons. The molecule has 1 atom stereocenters. The number of allylic oxidation sites excluding steroid dienone is 3. The number of aliphatic hydroxyl groups is 1. The molecular formula is C10H9NO3. The van der Waals surface area contributed by atoms with Gasteiger partial charge in [0.05, 0.1) is 0 Å². The van der Waals surface area contributed by atoms with Crippen LogP contribution in [-0.2, 0) is 9.59 Å². The minimum atomic E-state index is -0.702. The van der Waals surface area contributed by atoms with Gasteiger partial charge in [0.25, 0.3) is 0 Å². The Hall–Kier alpha value is -1.86. The maximum Gasteiger partial charge on any atom is 0.225 e. The van der Waals surface area contributed by atoms with Gasteiger partial charge in [0.2, 0.25) is 5.78 Å². The number of terminal acetylenes is 1. The third-order valence-corrected chi connectivity index (χ3v) is 1.81. The van der Waals surface area contributed by atoms with Crippen LogP contribution < -0.4 is 5.73 Å². The SMILES string of the molecule is C#CCC(N)C1=CC(=O)C=C(O)C1=O. The lowest BCUT2D eigenvalue weighted by Crippen LogP contribution is -2.30. The van der Waals surface area contributed by atoms with Crippen LogP contribution in [0.15, 0.2) is 23.5 Å². The van der Waals surface area contributed by atoms with Crippen LogP contribution in [-0.4, -0.2) is 22.7 Å². The Balaban J connectivity index is 2.95. The summed E-state index contributed by atoms with van der Waals surface area (Å²) in [7, 11) is 0. The molecule has 0 aromatic carbocycles. The fourth-order valence-corrected chi connectivity index (χ4v) is 1.12. The van der Waals surface area contributed by atoms with Crippen LogP contribution in [0.3, 0.4) is 0 Å². The van der Waals surface area contributed by atoms with Gasteiger partial charge in [0, 0.05) is 24.1 Å². The summed E-state index contributed by atoms with van der Waals surface area (Å²) < 4.78 is 0. The zero-order valence-electron chi connectivity index (χ0n) is 7.36. The van der Waals surface area contributed by atoms with Crippen molar-refractivity contribution in [1.29, 1.82) is 0 Å². The van der Waals surface area contributed by atoms with Gasteiger partial charge in [-0.05, 0) is 6.08 Å². The fourth-order valence-electron chi connectivity index (χ4n) is 1.12. The van der Waals surface area contributed by atoms with Crippen molar-refractivity contribution in [2.45, 2.75) is 12.5 Å². The van der Waals surface area contributed by atoms with Gasteiger partial charge >= 0.3 is 0 Å². The number of hydrogen-bond acceptors (Lipinski definition) is 4. The van der Waals surface area contributed by atoms with Crippen molar-refractivity contribution in [1.82, 2.24) is 0 Å². The average molecular weight is 191 g/mol. The number of carbonyl (C=O) groups is 2. The molecule has 0 saturated heterocycles. The van der Waals surface area contributed by atoms with Gasteiger partial charge in [-0.1, -0.05) is 0 Å². The van der Waals surface area contributed by atoms with E-state index in [0.29, 0.717) is 0 Å². The largest absolute Gasteiger partial charge is 0.504 e. The highest BCUT2D eigenvalue weighted by Gasteiger charge is 2.24. The van der Waals surface area contributed by atoms with Gasteiger partial charge in [-0.3, -0.25) is 9.59 Å². The maximum atomic E-state index is 11.3. The highest BCUT2D eigenvalue weighted by molar-refractivity contribution is 6.19. The number of hydrogen-bond donors (Lipinski definition) is 2. The van der Waals surface area contributed by atoms with Crippen LogP contribution in [0.5, 0.6) is 0 Å². The van der Waals surface area contributed by atoms with Crippen molar-refractivity contribution in [3.8, 4) is 12.3 Å². The summed E-state index contributed by atoms with van der Waals surface area (Å²) in [5.74, 6) is 0.615. The van der Waals surface area contributed by atoms with Crippen molar-refractivity contribution < 1.29 is 14.7 Å². The number of nitrogens with two attached hydrogens (primary N) is 1. The van der Waals surface area contributed by atoms with Gasteiger partial charge in [-0.15, -0.1) is 12.3 Å². The Labute approximate surface area is 81.1 Å². The molecule has 0 aromatic heterocycles. The highest BCUT2D eigenvalue weighted by Crippen LogP contribution is 2.14. The lowest BCUT2D eigenvalue weighted by molar-refractivity contribution is -0.117. The van der Waals surface area contributed by atoms with E-state index < -0.39 is 23.4 Å². The van der Waals surface area contributed by atoms with E-state index in [9.17, 15) is 9.59 Å². The second kappa shape index (κ2) is 3.90. The Morgan fingerprint density at radius 3 is 2.71 bits per heavy atom. The first kappa shape index (κ1) is 10.2. The van der Waals surface area contributed by atoms with Crippen molar-refractivity contribution in [3.63, 3.8) is 0 Å². The molecule has 1 rings (SSSR count). The number of Topliss-reactive ketones (excluding diaryl/α,β-unsaturated/α-hetero) is 1. The zero-order valence-corrected chi connectivity index (χ0v) is 7.36. The summed E-state index contributed by atoms with van der Waals surface area (Å²) in [6.07, 6.45) is 7.13. The monoisotopic (exact) mass is 191 g/mol. The van der Waals surface area contributed by atoms with Crippen molar-refractivity contribution in [3.05, 3.63) is 23.5 Å². The smallest absolute Gasteiger partial charge is 0.225 e. The average Bonchev–Trinajstić information content (AvgIpc) is 2.11. The summed E-state index contributed by atoms with van der Waals surface area (Å²) >= 11 is 0. The normalized spacial score (nSPS) is 18.3. The summed E-state index contributed by atoms with van der Waals surface area (Å²) in [5.41, 5.74) is 5.61. The number of carbonyl (C=O) groups excluding carboxylic acids is 2. The van der Waals surface area contributed by atoms with Crippen LogP contribution in [0.4, 0.5) is 0 Å². The van der Waals surface area contributed by atoms with Gasteiger partial charge in [0.1, 0.15) is 0 Å². The van der Waals surface area contributed by atoms with Gasteiger partial charge < -0.3 is 10.8 Å². The number of rotatable bonds is 2. The minimum absolute atomic E-state index is 0.0629. The second-order valence-corrected chi connectivity index (χ2v) is 2.88. The summed E-state index contributed by atoms with van der Waals surface area (Å²) in [4.78, 5) is 22.3. The van der Waals surface area contributed by atoms with Crippen LogP contribution in [0.2, 0.25) is 0 Å².